The highest BCUT2D eigenvalue weighted by molar-refractivity contribution is 6.35. The summed E-state index contributed by atoms with van der Waals surface area (Å²) in [6, 6.07) is 16.4. The number of fused-ring (bicyclic) bond motifs is 2. The number of nitrogens with one attached hydrogen (secondary N) is 2. The second-order valence-electron chi connectivity index (χ2n) is 11.3. The van der Waals surface area contributed by atoms with E-state index in [0.29, 0.717) is 28.7 Å². The van der Waals surface area contributed by atoms with E-state index in [1.165, 1.54) is 0 Å². The fourth-order valence-corrected chi connectivity index (χ4v) is 5.02. The maximum Gasteiger partial charge on any atom is 0.110 e. The number of hydrogen-bond donors (Lipinski definition) is 2. The number of rotatable bonds is 7. The van der Waals surface area contributed by atoms with Gasteiger partial charge in [-0.25, -0.2) is 4.68 Å². The molecule has 0 radical (unpaired) electrons. The van der Waals surface area contributed by atoms with E-state index in [4.69, 9.17) is 16.6 Å². The Morgan fingerprint density at radius 1 is 1.13 bits per heavy atom. The van der Waals surface area contributed by atoms with Crippen LogP contribution in [0.15, 0.2) is 61.1 Å². The molecule has 196 valence electrons. The van der Waals surface area contributed by atoms with Gasteiger partial charge in [0.15, 0.2) is 0 Å². The van der Waals surface area contributed by atoms with Gasteiger partial charge in [-0.2, -0.15) is 5.26 Å². The number of nitrogens with zero attached hydrogens (tertiary/aromatic N) is 6. The van der Waals surface area contributed by atoms with Crippen molar-refractivity contribution in [3.05, 3.63) is 82.9 Å². The average Bonchev–Trinajstić information content (AvgIpc) is 3.66. The predicted octanol–water partition coefficient (Wildman–Crippen LogP) is 6.89. The Morgan fingerprint density at radius 2 is 1.95 bits per heavy atom. The Morgan fingerprint density at radius 3 is 2.72 bits per heavy atom. The lowest BCUT2D eigenvalue weighted by Gasteiger charge is -2.22. The number of aromatic nitrogens is 5. The van der Waals surface area contributed by atoms with Gasteiger partial charge < -0.3 is 10.6 Å². The molecule has 0 amide bonds. The molecule has 2 aromatic carbocycles. The van der Waals surface area contributed by atoms with E-state index in [1.54, 1.807) is 12.4 Å². The van der Waals surface area contributed by atoms with Crippen LogP contribution in [0.2, 0.25) is 5.02 Å². The zero-order chi connectivity index (χ0) is 27.1. The molecule has 1 aliphatic rings. The van der Waals surface area contributed by atoms with Gasteiger partial charge in [0.2, 0.25) is 0 Å². The molecule has 2 N–H and O–H groups in total. The molecule has 1 unspecified atom stereocenters. The molecule has 1 atom stereocenters. The van der Waals surface area contributed by atoms with Crippen LogP contribution < -0.4 is 10.6 Å². The Labute approximate surface area is 232 Å². The van der Waals surface area contributed by atoms with E-state index in [1.807, 2.05) is 35.1 Å². The SMILES string of the molecule is CC(C)(C)CNc1c(C#N)cnc2c(Cl)cc(NC(c3cn(C4CC4)nn3)c3cccc4cccnc34)cc12. The molecular weight excluding hydrogens is 508 g/mol. The maximum absolute atomic E-state index is 9.84. The van der Waals surface area contributed by atoms with Crippen LogP contribution in [0.4, 0.5) is 11.4 Å². The molecule has 1 saturated carbocycles. The van der Waals surface area contributed by atoms with Crippen molar-refractivity contribution < 1.29 is 0 Å². The molecule has 0 spiro atoms. The van der Waals surface area contributed by atoms with E-state index >= 15 is 0 Å². The largest absolute Gasteiger partial charge is 0.383 e. The fourth-order valence-electron chi connectivity index (χ4n) is 4.75. The molecule has 1 fully saturated rings. The van der Waals surface area contributed by atoms with Gasteiger partial charge in [0, 0.05) is 41.0 Å². The summed E-state index contributed by atoms with van der Waals surface area (Å²) < 4.78 is 1.95. The van der Waals surface area contributed by atoms with Gasteiger partial charge in [-0.1, -0.05) is 61.9 Å². The predicted molar refractivity (Wildman–Crippen MR) is 155 cm³/mol. The minimum Gasteiger partial charge on any atom is -0.383 e. The molecule has 5 aromatic rings. The maximum atomic E-state index is 9.84. The number of hydrogen-bond acceptors (Lipinski definition) is 7. The second kappa shape index (κ2) is 9.83. The smallest absolute Gasteiger partial charge is 0.110 e. The topological polar surface area (TPSA) is 104 Å². The van der Waals surface area contributed by atoms with Crippen LogP contribution in [0.3, 0.4) is 0 Å². The molecular formula is C30H29ClN8. The molecule has 9 heteroatoms. The van der Waals surface area contributed by atoms with Crippen LogP contribution >= 0.6 is 11.6 Å². The van der Waals surface area contributed by atoms with Crippen molar-refractivity contribution in [3.63, 3.8) is 0 Å². The summed E-state index contributed by atoms with van der Waals surface area (Å²) in [5.41, 5.74) is 5.32. The Kier molecular flexibility index (Phi) is 6.32. The standard InChI is InChI=1S/C30H29ClN8/c1-30(2,3)17-35-27-19(14-32)15-34-28-23(27)12-20(13-24(28)31)36-29(25-16-39(38-37-25)21-9-10-21)22-8-4-6-18-7-5-11-33-26(18)22/h4-8,11-13,15-16,21,29,36H,9-10,17H2,1-3H3,(H,34,35). The van der Waals surface area contributed by atoms with Crippen LogP contribution in [0.5, 0.6) is 0 Å². The van der Waals surface area contributed by atoms with Crippen molar-refractivity contribution in [2.75, 3.05) is 17.2 Å². The summed E-state index contributed by atoms with van der Waals surface area (Å²) in [7, 11) is 0. The first-order valence-corrected chi connectivity index (χ1v) is 13.5. The third-order valence-electron chi connectivity index (χ3n) is 6.87. The third kappa shape index (κ3) is 5.10. The van der Waals surface area contributed by atoms with Crippen LogP contribution in [0.25, 0.3) is 21.8 Å². The van der Waals surface area contributed by atoms with Gasteiger partial charge in [0.25, 0.3) is 0 Å². The van der Waals surface area contributed by atoms with Crippen molar-refractivity contribution in [2.24, 2.45) is 5.41 Å². The summed E-state index contributed by atoms with van der Waals surface area (Å²) in [4.78, 5) is 9.20. The molecule has 1 aliphatic carbocycles. The highest BCUT2D eigenvalue weighted by atomic mass is 35.5. The number of nitriles is 1. The molecule has 6 rings (SSSR count). The molecule has 0 aliphatic heterocycles. The van der Waals surface area contributed by atoms with Crippen LogP contribution in [0.1, 0.15) is 62.5 Å². The third-order valence-corrected chi connectivity index (χ3v) is 7.16. The molecule has 8 nitrogen and oxygen atoms in total. The normalized spacial score (nSPS) is 14.3. The Bertz CT molecular complexity index is 1720. The molecule has 3 heterocycles. The first kappa shape index (κ1) is 25.1. The van der Waals surface area contributed by atoms with Crippen LogP contribution in [0, 0.1) is 16.7 Å². The van der Waals surface area contributed by atoms with Crippen molar-refractivity contribution in [2.45, 2.75) is 45.7 Å². The zero-order valence-corrected chi connectivity index (χ0v) is 22.9. The van der Waals surface area contributed by atoms with Gasteiger partial charge in [-0.05, 0) is 36.5 Å². The fraction of sp³-hybridized carbons (Fsp3) is 0.300. The quantitative estimate of drug-likeness (QED) is 0.233. The van der Waals surface area contributed by atoms with E-state index in [0.717, 1.165) is 51.8 Å². The highest BCUT2D eigenvalue weighted by Crippen LogP contribution is 2.38. The molecule has 39 heavy (non-hydrogen) atoms. The van der Waals surface area contributed by atoms with Crippen LogP contribution in [-0.4, -0.2) is 31.5 Å². The minimum atomic E-state index is -0.331. The summed E-state index contributed by atoms with van der Waals surface area (Å²) in [6.45, 7) is 7.12. The average molecular weight is 537 g/mol. The van der Waals surface area contributed by atoms with E-state index < -0.39 is 0 Å². The van der Waals surface area contributed by atoms with E-state index in [2.05, 4.69) is 71.0 Å². The summed E-state index contributed by atoms with van der Waals surface area (Å²) in [5, 5.41) is 28.3. The van der Waals surface area contributed by atoms with Crippen molar-refractivity contribution in [1.29, 1.82) is 5.26 Å². The Balaban J connectivity index is 1.47. The molecule has 3 aromatic heterocycles. The lowest BCUT2D eigenvalue weighted by Crippen LogP contribution is -2.20. The van der Waals surface area contributed by atoms with Crippen molar-refractivity contribution in [3.8, 4) is 6.07 Å². The van der Waals surface area contributed by atoms with E-state index in [-0.39, 0.29) is 11.5 Å². The number of pyridine rings is 2. The highest BCUT2D eigenvalue weighted by Gasteiger charge is 2.28. The summed E-state index contributed by atoms with van der Waals surface area (Å²) in [6.07, 6.45) is 7.64. The summed E-state index contributed by atoms with van der Waals surface area (Å²) in [5.74, 6) is 0. The number of para-hydroxylation sites is 1. The number of anilines is 2. The first-order chi connectivity index (χ1) is 18.8. The lowest BCUT2D eigenvalue weighted by molar-refractivity contribution is 0.443. The monoisotopic (exact) mass is 536 g/mol. The first-order valence-electron chi connectivity index (χ1n) is 13.1. The van der Waals surface area contributed by atoms with Gasteiger partial charge in [-0.15, -0.1) is 5.10 Å². The van der Waals surface area contributed by atoms with Gasteiger partial charge in [0.1, 0.15) is 11.8 Å². The Hall–Kier alpha value is -4.22. The molecule has 0 bridgehead atoms. The van der Waals surface area contributed by atoms with Gasteiger partial charge >= 0.3 is 0 Å². The van der Waals surface area contributed by atoms with Crippen LogP contribution in [-0.2, 0) is 0 Å². The van der Waals surface area contributed by atoms with Crippen molar-refractivity contribution in [1.82, 2.24) is 25.0 Å². The second-order valence-corrected chi connectivity index (χ2v) is 11.7. The molecule has 0 saturated heterocycles. The number of halogens is 1. The van der Waals surface area contributed by atoms with E-state index in [9.17, 15) is 5.26 Å². The number of benzene rings is 2. The summed E-state index contributed by atoms with van der Waals surface area (Å²) >= 11 is 6.79. The van der Waals surface area contributed by atoms with Crippen molar-refractivity contribution >= 4 is 44.8 Å². The minimum absolute atomic E-state index is 0.0157. The van der Waals surface area contributed by atoms with Gasteiger partial charge in [0.05, 0.1) is 45.6 Å². The lowest BCUT2D eigenvalue weighted by atomic mass is 9.96. The zero-order valence-electron chi connectivity index (χ0n) is 22.1. The van der Waals surface area contributed by atoms with Gasteiger partial charge in [-0.3, -0.25) is 9.97 Å².